The molecule has 1 N–H and O–H groups in total. The zero-order valence-corrected chi connectivity index (χ0v) is 5.54. The second kappa shape index (κ2) is 2.74. The van der Waals surface area contributed by atoms with Crippen LogP contribution in [0.1, 0.15) is 10.4 Å². The lowest BCUT2D eigenvalue weighted by molar-refractivity contribution is 0.112. The van der Waals surface area contributed by atoms with E-state index in [2.05, 4.69) is 0 Å². The molecule has 0 aliphatic heterocycles. The third kappa shape index (κ3) is 1.39. The van der Waals surface area contributed by atoms with Crippen LogP contribution in [-0.4, -0.2) is 19.2 Å². The van der Waals surface area contributed by atoms with E-state index in [1.165, 1.54) is 0 Å². The summed E-state index contributed by atoms with van der Waals surface area (Å²) in [6.07, 6.45) is 0.342. The van der Waals surface area contributed by atoms with E-state index in [4.69, 9.17) is 13.0 Å². The first kappa shape index (κ1) is 7.79. The number of halogens is 1. The standard InChI is InChI=1S/C7H4BFO2/c8-6-2-5(9)1-4(3-10)7(6)11/h1-3,11H. The van der Waals surface area contributed by atoms with Gasteiger partial charge in [0.2, 0.25) is 0 Å². The Kier molecular flexibility index (Phi) is 1.94. The predicted octanol–water partition coefficient (Wildman–Crippen LogP) is 0.138. The minimum Gasteiger partial charge on any atom is -0.508 e. The maximum atomic E-state index is 12.4. The van der Waals surface area contributed by atoms with Gasteiger partial charge in [-0.3, -0.25) is 4.79 Å². The molecule has 0 fully saturated rings. The van der Waals surface area contributed by atoms with Crippen LogP contribution in [0, 0.1) is 5.82 Å². The molecule has 2 nitrogen and oxygen atoms in total. The van der Waals surface area contributed by atoms with Crippen LogP contribution in [0.3, 0.4) is 0 Å². The Hall–Kier alpha value is -1.32. The van der Waals surface area contributed by atoms with Crippen molar-refractivity contribution in [1.82, 2.24) is 0 Å². The molecular formula is C7H4BFO2. The molecule has 1 aromatic rings. The van der Waals surface area contributed by atoms with Gasteiger partial charge in [0.15, 0.2) is 6.29 Å². The lowest BCUT2D eigenvalue weighted by Gasteiger charge is -2.00. The van der Waals surface area contributed by atoms with Crippen molar-refractivity contribution in [1.29, 1.82) is 0 Å². The molecule has 0 saturated heterocycles. The smallest absolute Gasteiger partial charge is 0.153 e. The maximum absolute atomic E-state index is 12.4. The fourth-order valence-corrected chi connectivity index (χ4v) is 0.732. The summed E-state index contributed by atoms with van der Waals surface area (Å²) >= 11 is 0. The molecule has 0 heterocycles. The van der Waals surface area contributed by atoms with Crippen molar-refractivity contribution in [3.8, 4) is 5.75 Å². The summed E-state index contributed by atoms with van der Waals surface area (Å²) < 4.78 is 12.4. The molecule has 1 rings (SSSR count). The molecule has 0 atom stereocenters. The highest BCUT2D eigenvalue weighted by Gasteiger charge is 2.04. The van der Waals surface area contributed by atoms with Crippen molar-refractivity contribution in [2.45, 2.75) is 0 Å². The van der Waals surface area contributed by atoms with E-state index in [1.54, 1.807) is 0 Å². The van der Waals surface area contributed by atoms with E-state index in [0.717, 1.165) is 12.1 Å². The number of hydrogen-bond acceptors (Lipinski definition) is 2. The van der Waals surface area contributed by atoms with Gasteiger partial charge in [0.25, 0.3) is 0 Å². The van der Waals surface area contributed by atoms with E-state index in [-0.39, 0.29) is 16.8 Å². The SMILES string of the molecule is [B]c1cc(F)cc(C=O)c1O. The average molecular weight is 150 g/mol. The highest BCUT2D eigenvalue weighted by molar-refractivity contribution is 6.34. The van der Waals surface area contributed by atoms with Crippen LogP contribution in [-0.2, 0) is 0 Å². The molecule has 0 aliphatic carbocycles. The molecule has 11 heavy (non-hydrogen) atoms. The highest BCUT2D eigenvalue weighted by atomic mass is 19.1. The van der Waals surface area contributed by atoms with Crippen LogP contribution in [0.25, 0.3) is 0 Å². The molecule has 0 bridgehead atoms. The average Bonchev–Trinajstić information content (AvgIpc) is 1.96. The van der Waals surface area contributed by atoms with Gasteiger partial charge in [-0.1, -0.05) is 5.46 Å². The van der Waals surface area contributed by atoms with Crippen molar-refractivity contribution in [2.75, 3.05) is 0 Å². The molecule has 1 aromatic carbocycles. The molecule has 0 amide bonds. The van der Waals surface area contributed by atoms with Gasteiger partial charge < -0.3 is 5.11 Å². The number of rotatable bonds is 1. The summed E-state index contributed by atoms with van der Waals surface area (Å²) in [5.41, 5.74) is -0.269. The van der Waals surface area contributed by atoms with Crippen LogP contribution in [0.5, 0.6) is 5.75 Å². The van der Waals surface area contributed by atoms with Crippen molar-refractivity contribution in [3.05, 3.63) is 23.5 Å². The molecule has 0 aromatic heterocycles. The Morgan fingerprint density at radius 3 is 2.73 bits per heavy atom. The van der Waals surface area contributed by atoms with Crippen molar-refractivity contribution >= 4 is 19.6 Å². The normalized spacial score (nSPS) is 9.55. The number of aldehydes is 1. The summed E-state index contributed by atoms with van der Waals surface area (Å²) in [6.45, 7) is 0. The summed E-state index contributed by atoms with van der Waals surface area (Å²) in [6, 6.07) is 1.86. The minimum absolute atomic E-state index is 0.132. The Labute approximate surface area is 64.1 Å². The van der Waals surface area contributed by atoms with Gasteiger partial charge in [0.05, 0.1) is 5.56 Å². The van der Waals surface area contributed by atoms with Crippen LogP contribution >= 0.6 is 0 Å². The van der Waals surface area contributed by atoms with E-state index in [1.807, 2.05) is 0 Å². The third-order valence-electron chi connectivity index (χ3n) is 1.26. The fourth-order valence-electron chi connectivity index (χ4n) is 0.732. The summed E-state index contributed by atoms with van der Waals surface area (Å²) in [5.74, 6) is -1.01. The molecule has 2 radical (unpaired) electrons. The van der Waals surface area contributed by atoms with Crippen molar-refractivity contribution in [2.24, 2.45) is 0 Å². The van der Waals surface area contributed by atoms with Crippen LogP contribution in [0.2, 0.25) is 0 Å². The molecule has 0 saturated carbocycles. The number of phenolic OH excluding ortho intramolecular Hbond substituents is 1. The second-order valence-corrected chi connectivity index (χ2v) is 2.05. The van der Waals surface area contributed by atoms with E-state index in [0.29, 0.717) is 6.29 Å². The van der Waals surface area contributed by atoms with E-state index >= 15 is 0 Å². The summed E-state index contributed by atoms with van der Waals surface area (Å²) in [5, 5.41) is 9.00. The van der Waals surface area contributed by atoms with Gasteiger partial charge >= 0.3 is 0 Å². The van der Waals surface area contributed by atoms with E-state index in [9.17, 15) is 9.18 Å². The maximum Gasteiger partial charge on any atom is 0.153 e. The Morgan fingerprint density at radius 1 is 1.55 bits per heavy atom. The monoisotopic (exact) mass is 150 g/mol. The number of benzene rings is 1. The molecule has 0 aliphatic rings. The number of carbonyl (C=O) groups is 1. The summed E-state index contributed by atoms with van der Waals surface area (Å²) in [7, 11) is 5.15. The van der Waals surface area contributed by atoms with Gasteiger partial charge in [0, 0.05) is 0 Å². The number of aromatic hydroxyl groups is 1. The first-order valence-corrected chi connectivity index (χ1v) is 2.88. The minimum atomic E-state index is -0.637. The van der Waals surface area contributed by atoms with Gasteiger partial charge in [-0.15, -0.1) is 0 Å². The van der Waals surface area contributed by atoms with Crippen molar-refractivity contribution in [3.63, 3.8) is 0 Å². The van der Waals surface area contributed by atoms with Crippen molar-refractivity contribution < 1.29 is 14.3 Å². The Bertz CT molecular complexity index is 299. The molecule has 4 heteroatoms. The van der Waals surface area contributed by atoms with Gasteiger partial charge in [-0.2, -0.15) is 0 Å². The molecular weight excluding hydrogens is 146 g/mol. The van der Waals surface area contributed by atoms with Crippen LogP contribution in [0.15, 0.2) is 12.1 Å². The Morgan fingerprint density at radius 2 is 2.18 bits per heavy atom. The largest absolute Gasteiger partial charge is 0.508 e. The summed E-state index contributed by atoms with van der Waals surface area (Å²) in [4.78, 5) is 10.1. The quantitative estimate of drug-likeness (QED) is 0.456. The molecule has 0 spiro atoms. The molecule has 54 valence electrons. The molecule has 0 unspecified atom stereocenters. The topological polar surface area (TPSA) is 37.3 Å². The van der Waals surface area contributed by atoms with Crippen LogP contribution < -0.4 is 5.46 Å². The van der Waals surface area contributed by atoms with E-state index < -0.39 is 5.82 Å². The predicted molar refractivity (Wildman–Crippen MR) is 38.8 cm³/mol. The first-order valence-electron chi connectivity index (χ1n) is 2.88. The highest BCUT2D eigenvalue weighted by Crippen LogP contribution is 2.11. The van der Waals surface area contributed by atoms with Gasteiger partial charge in [-0.25, -0.2) is 4.39 Å². The number of phenols is 1. The Balaban J connectivity index is 3.35. The lowest BCUT2D eigenvalue weighted by Crippen LogP contribution is -2.06. The van der Waals surface area contributed by atoms with Gasteiger partial charge in [0.1, 0.15) is 19.4 Å². The van der Waals surface area contributed by atoms with Crippen LogP contribution in [0.4, 0.5) is 4.39 Å². The zero-order chi connectivity index (χ0) is 8.43. The third-order valence-corrected chi connectivity index (χ3v) is 1.26. The van der Waals surface area contributed by atoms with Gasteiger partial charge in [-0.05, 0) is 12.1 Å². The lowest BCUT2D eigenvalue weighted by atomic mass is 9.93. The zero-order valence-electron chi connectivity index (χ0n) is 5.54. The fraction of sp³-hybridized carbons (Fsp3) is 0. The number of carbonyl (C=O) groups excluding carboxylic acids is 1. The number of hydrogen-bond donors (Lipinski definition) is 1. The first-order chi connectivity index (χ1) is 5.15. The second-order valence-electron chi connectivity index (χ2n) is 2.05.